The van der Waals surface area contributed by atoms with Crippen molar-refractivity contribution in [3.05, 3.63) is 60.5 Å². The van der Waals surface area contributed by atoms with Crippen molar-refractivity contribution in [1.82, 2.24) is 20.4 Å². The number of benzene rings is 1. The van der Waals surface area contributed by atoms with E-state index in [1.54, 1.807) is 17.0 Å². The van der Waals surface area contributed by atoms with Crippen molar-refractivity contribution >= 4 is 5.91 Å². The van der Waals surface area contributed by atoms with Crippen molar-refractivity contribution in [1.29, 1.82) is 0 Å². The first-order chi connectivity index (χ1) is 12.7. The normalized spacial score (nSPS) is 20.0. The number of piperidine rings is 1. The van der Waals surface area contributed by atoms with Crippen LogP contribution in [0.1, 0.15) is 23.8 Å². The molecule has 2 aromatic heterocycles. The molecule has 2 N–H and O–H groups in total. The Balaban J connectivity index is 1.68. The molecule has 1 aliphatic rings. The van der Waals surface area contributed by atoms with Crippen LogP contribution >= 0.6 is 0 Å². The molecule has 0 radical (unpaired) electrons. The van der Waals surface area contributed by atoms with Crippen LogP contribution < -0.4 is 10.6 Å². The smallest absolute Gasteiger partial charge is 0.270 e. The molecule has 0 bridgehead atoms. The van der Waals surface area contributed by atoms with E-state index in [4.69, 9.17) is 4.42 Å². The summed E-state index contributed by atoms with van der Waals surface area (Å²) in [6.07, 6.45) is 2.53. The van der Waals surface area contributed by atoms with E-state index in [0.717, 1.165) is 25.2 Å². The van der Waals surface area contributed by atoms with Crippen LogP contribution in [-0.2, 0) is 0 Å². The van der Waals surface area contributed by atoms with Gasteiger partial charge in [0.1, 0.15) is 11.4 Å². The van der Waals surface area contributed by atoms with Gasteiger partial charge in [-0.3, -0.25) is 4.79 Å². The molecule has 6 nitrogen and oxygen atoms in total. The number of para-hydroxylation sites is 1. The maximum atomic E-state index is 13.0. The van der Waals surface area contributed by atoms with Crippen molar-refractivity contribution in [3.63, 3.8) is 0 Å². The molecule has 0 aliphatic carbocycles. The van der Waals surface area contributed by atoms with E-state index in [0.29, 0.717) is 23.1 Å². The molecule has 1 fully saturated rings. The SMILES string of the molecule is CC1CNCCC1NC(=O)c1cc(-c2ccco2)nn1-c1ccccc1. The summed E-state index contributed by atoms with van der Waals surface area (Å²) < 4.78 is 7.13. The van der Waals surface area contributed by atoms with Gasteiger partial charge in [-0.15, -0.1) is 0 Å². The number of rotatable bonds is 4. The molecule has 1 aliphatic heterocycles. The Morgan fingerprint density at radius 3 is 2.85 bits per heavy atom. The van der Waals surface area contributed by atoms with Crippen molar-refractivity contribution in [2.24, 2.45) is 5.92 Å². The minimum atomic E-state index is -0.113. The van der Waals surface area contributed by atoms with Gasteiger partial charge in [-0.1, -0.05) is 25.1 Å². The molecule has 1 amide bonds. The molecule has 0 spiro atoms. The second-order valence-corrected chi connectivity index (χ2v) is 6.69. The highest BCUT2D eigenvalue weighted by molar-refractivity contribution is 5.94. The van der Waals surface area contributed by atoms with E-state index in [1.807, 2.05) is 42.5 Å². The first-order valence-corrected chi connectivity index (χ1v) is 8.93. The number of aromatic nitrogens is 2. The number of nitrogens with one attached hydrogen (secondary N) is 2. The minimum Gasteiger partial charge on any atom is -0.463 e. The lowest BCUT2D eigenvalue weighted by atomic mass is 9.95. The number of hydrogen-bond donors (Lipinski definition) is 2. The van der Waals surface area contributed by atoms with Gasteiger partial charge in [0.15, 0.2) is 5.76 Å². The van der Waals surface area contributed by atoms with Crippen LogP contribution in [0.3, 0.4) is 0 Å². The van der Waals surface area contributed by atoms with Crippen LogP contribution in [0.15, 0.2) is 59.2 Å². The minimum absolute atomic E-state index is 0.113. The van der Waals surface area contributed by atoms with Gasteiger partial charge in [0.2, 0.25) is 0 Å². The summed E-state index contributed by atoms with van der Waals surface area (Å²) >= 11 is 0. The van der Waals surface area contributed by atoms with Crippen LogP contribution in [-0.4, -0.2) is 34.8 Å². The van der Waals surface area contributed by atoms with Gasteiger partial charge in [-0.05, 0) is 49.7 Å². The number of carbonyl (C=O) groups is 1. The number of carbonyl (C=O) groups excluding carboxylic acids is 1. The van der Waals surface area contributed by atoms with Crippen LogP contribution in [0.2, 0.25) is 0 Å². The summed E-state index contributed by atoms with van der Waals surface area (Å²) in [6, 6.07) is 15.3. The Labute approximate surface area is 152 Å². The van der Waals surface area contributed by atoms with E-state index in [-0.39, 0.29) is 11.9 Å². The van der Waals surface area contributed by atoms with Crippen molar-refractivity contribution in [2.75, 3.05) is 13.1 Å². The van der Waals surface area contributed by atoms with Gasteiger partial charge < -0.3 is 15.1 Å². The third kappa shape index (κ3) is 3.28. The standard InChI is InChI=1S/C20H22N4O2/c1-14-13-21-10-9-16(14)22-20(25)18-12-17(19-8-5-11-26-19)23-24(18)15-6-3-2-4-7-15/h2-8,11-12,14,16,21H,9-10,13H2,1H3,(H,22,25). The fraction of sp³-hybridized carbons (Fsp3) is 0.300. The molecule has 2 atom stereocenters. The summed E-state index contributed by atoms with van der Waals surface area (Å²) in [5, 5.41) is 11.1. The summed E-state index contributed by atoms with van der Waals surface area (Å²) in [6.45, 7) is 3.99. The van der Waals surface area contributed by atoms with Gasteiger partial charge in [-0.2, -0.15) is 5.10 Å². The highest BCUT2D eigenvalue weighted by atomic mass is 16.3. The lowest BCUT2D eigenvalue weighted by molar-refractivity contribution is 0.0906. The monoisotopic (exact) mass is 350 g/mol. The zero-order valence-electron chi connectivity index (χ0n) is 14.7. The quantitative estimate of drug-likeness (QED) is 0.759. The second kappa shape index (κ2) is 7.17. The van der Waals surface area contributed by atoms with Gasteiger partial charge in [0, 0.05) is 12.1 Å². The van der Waals surface area contributed by atoms with E-state index in [9.17, 15) is 4.79 Å². The van der Waals surface area contributed by atoms with Gasteiger partial charge in [-0.25, -0.2) is 4.68 Å². The topological polar surface area (TPSA) is 72.1 Å². The number of furan rings is 1. The summed E-state index contributed by atoms with van der Waals surface area (Å²) in [7, 11) is 0. The predicted molar refractivity (Wildman–Crippen MR) is 99.2 cm³/mol. The van der Waals surface area contributed by atoms with E-state index in [2.05, 4.69) is 22.7 Å². The van der Waals surface area contributed by atoms with Crippen LogP contribution in [0, 0.1) is 5.92 Å². The third-order valence-electron chi connectivity index (χ3n) is 4.82. The van der Waals surface area contributed by atoms with Crippen molar-refractivity contribution in [3.8, 4) is 17.1 Å². The van der Waals surface area contributed by atoms with Gasteiger partial charge in [0.25, 0.3) is 5.91 Å². The maximum Gasteiger partial charge on any atom is 0.270 e. The molecule has 26 heavy (non-hydrogen) atoms. The highest BCUT2D eigenvalue weighted by Crippen LogP contribution is 2.22. The molecule has 134 valence electrons. The first-order valence-electron chi connectivity index (χ1n) is 8.93. The average Bonchev–Trinajstić information content (AvgIpc) is 3.34. The second-order valence-electron chi connectivity index (χ2n) is 6.69. The Kier molecular flexibility index (Phi) is 4.58. The molecule has 0 saturated carbocycles. The molecule has 3 heterocycles. The summed E-state index contributed by atoms with van der Waals surface area (Å²) in [4.78, 5) is 13.0. The number of amides is 1. The van der Waals surface area contributed by atoms with Crippen molar-refractivity contribution in [2.45, 2.75) is 19.4 Å². The van der Waals surface area contributed by atoms with Crippen molar-refractivity contribution < 1.29 is 9.21 Å². The van der Waals surface area contributed by atoms with Gasteiger partial charge in [0.05, 0.1) is 12.0 Å². The van der Waals surface area contributed by atoms with E-state index >= 15 is 0 Å². The molecule has 4 rings (SSSR count). The maximum absolute atomic E-state index is 13.0. The lowest BCUT2D eigenvalue weighted by Gasteiger charge is -2.30. The highest BCUT2D eigenvalue weighted by Gasteiger charge is 2.25. The lowest BCUT2D eigenvalue weighted by Crippen LogP contribution is -2.48. The zero-order chi connectivity index (χ0) is 17.9. The zero-order valence-corrected chi connectivity index (χ0v) is 14.7. The molecular weight excluding hydrogens is 328 g/mol. The number of nitrogens with zero attached hydrogens (tertiary/aromatic N) is 2. The molecule has 1 aromatic carbocycles. The van der Waals surface area contributed by atoms with E-state index < -0.39 is 0 Å². The van der Waals surface area contributed by atoms with Crippen LogP contribution in [0.25, 0.3) is 17.1 Å². The Morgan fingerprint density at radius 1 is 1.27 bits per heavy atom. The van der Waals surface area contributed by atoms with Crippen LogP contribution in [0.5, 0.6) is 0 Å². The van der Waals surface area contributed by atoms with Crippen LogP contribution in [0.4, 0.5) is 0 Å². The van der Waals surface area contributed by atoms with E-state index in [1.165, 1.54) is 0 Å². The fourth-order valence-corrected chi connectivity index (χ4v) is 3.32. The molecule has 6 heteroatoms. The molecule has 1 saturated heterocycles. The first kappa shape index (κ1) is 16.6. The molecule has 2 unspecified atom stereocenters. The predicted octanol–water partition coefficient (Wildman–Crippen LogP) is 2.86. The Bertz CT molecular complexity index is 871. The number of hydrogen-bond acceptors (Lipinski definition) is 4. The fourth-order valence-electron chi connectivity index (χ4n) is 3.32. The Morgan fingerprint density at radius 2 is 2.12 bits per heavy atom. The molecular formula is C20H22N4O2. The van der Waals surface area contributed by atoms with Gasteiger partial charge >= 0.3 is 0 Å². The summed E-state index contributed by atoms with van der Waals surface area (Å²) in [5.41, 5.74) is 1.99. The molecule has 3 aromatic rings. The Hall–Kier alpha value is -2.86. The summed E-state index contributed by atoms with van der Waals surface area (Å²) in [5.74, 6) is 0.923. The average molecular weight is 350 g/mol. The largest absolute Gasteiger partial charge is 0.463 e. The third-order valence-corrected chi connectivity index (χ3v) is 4.82.